The third kappa shape index (κ3) is 10.2. The maximum atomic E-state index is 13.0. The largest absolute Gasteiger partial charge is 0.477 e. The van der Waals surface area contributed by atoms with E-state index < -0.39 is 179 Å². The molecule has 4 heterocycles. The molecule has 4 fully saturated rings. The highest BCUT2D eigenvalue weighted by atomic mass is 16.8. The molecule has 0 spiro atoms. The minimum Gasteiger partial charge on any atom is -0.477 e. The number of carbonyl (C=O) groups excluding carboxylic acids is 2. The summed E-state index contributed by atoms with van der Waals surface area (Å²) in [5.41, 5.74) is 0. The molecule has 4 rings (SSSR count). The molecule has 2 amide bonds. The van der Waals surface area contributed by atoms with Crippen LogP contribution in [0.1, 0.15) is 20.3 Å². The maximum Gasteiger partial charge on any atom is 0.364 e. The molecule has 0 unspecified atom stereocenters. The van der Waals surface area contributed by atoms with Crippen molar-refractivity contribution in [1.29, 1.82) is 0 Å². The molecular formula is C31H52N2O24. The van der Waals surface area contributed by atoms with Crippen molar-refractivity contribution >= 4 is 17.8 Å². The highest BCUT2D eigenvalue weighted by Gasteiger charge is 2.61. The summed E-state index contributed by atoms with van der Waals surface area (Å²) in [7, 11) is 0. The van der Waals surface area contributed by atoms with E-state index in [1.807, 2.05) is 0 Å². The molecule has 330 valence electrons. The third-order valence-corrected chi connectivity index (χ3v) is 9.98. The van der Waals surface area contributed by atoms with Gasteiger partial charge >= 0.3 is 5.97 Å². The van der Waals surface area contributed by atoms with Crippen molar-refractivity contribution in [3.63, 3.8) is 0 Å². The Morgan fingerprint density at radius 1 is 0.684 bits per heavy atom. The summed E-state index contributed by atoms with van der Waals surface area (Å²) in [6, 6.07) is -3.33. The third-order valence-electron chi connectivity index (χ3n) is 9.98. The van der Waals surface area contributed by atoms with Gasteiger partial charge in [-0.1, -0.05) is 0 Å². The first kappa shape index (κ1) is 47.3. The lowest BCUT2D eigenvalue weighted by atomic mass is 9.90. The van der Waals surface area contributed by atoms with Crippen molar-refractivity contribution in [2.75, 3.05) is 26.4 Å². The Morgan fingerprint density at radius 3 is 1.77 bits per heavy atom. The standard InChI is InChI=1S/C31H52N2O24/c1-8(38)32-15-21(46)19(44)12(5-35)52-28(15)54-23-14(7-37)53-29(55-24-16(33-9(2)39)27(48)51-13(6-36)20(24)45)22(47)26(23)57-31(30(49)50)3-10(40)17(42)25(56-31)18(43)11(41)4-34/h10-29,34-37,40-48H,3-7H2,1-2H3,(H,32,38)(H,33,39)(H,49,50)/t10-,11+,12+,13+,14+,15+,16+,17+,18+,19-,20+,21+,22+,23-,24+,25+,26+,27+,28-,29-,31-/m0/s1. The molecule has 0 radical (unpaired) electrons. The fraction of sp³-hybridized carbons (Fsp3) is 0.903. The minimum absolute atomic E-state index is 0.782. The maximum absolute atomic E-state index is 13.0. The summed E-state index contributed by atoms with van der Waals surface area (Å²) in [5, 5.41) is 152. The van der Waals surface area contributed by atoms with E-state index in [0.29, 0.717) is 0 Å². The number of aliphatic hydroxyl groups excluding tert-OH is 13. The number of carboxylic acids is 1. The van der Waals surface area contributed by atoms with E-state index in [1.165, 1.54) is 0 Å². The van der Waals surface area contributed by atoms with E-state index in [9.17, 15) is 85.9 Å². The first-order valence-corrected chi connectivity index (χ1v) is 17.7. The lowest BCUT2D eigenvalue weighted by Gasteiger charge is -2.52. The molecule has 0 aromatic heterocycles. The Balaban J connectivity index is 1.82. The van der Waals surface area contributed by atoms with Gasteiger partial charge in [0.1, 0.15) is 97.5 Å². The van der Waals surface area contributed by atoms with Crippen molar-refractivity contribution in [1.82, 2.24) is 10.6 Å². The van der Waals surface area contributed by atoms with Gasteiger partial charge in [-0.15, -0.1) is 0 Å². The highest BCUT2D eigenvalue weighted by Crippen LogP contribution is 2.40. The van der Waals surface area contributed by atoms with Crippen LogP contribution in [0.5, 0.6) is 0 Å². The summed E-state index contributed by atoms with van der Waals surface area (Å²) >= 11 is 0. The zero-order valence-corrected chi connectivity index (χ0v) is 30.4. The summed E-state index contributed by atoms with van der Waals surface area (Å²) in [6.07, 6.45) is -37.3. The highest BCUT2D eigenvalue weighted by molar-refractivity contribution is 5.76. The van der Waals surface area contributed by atoms with Crippen LogP contribution in [-0.2, 0) is 47.5 Å². The first-order chi connectivity index (χ1) is 26.7. The molecule has 0 aliphatic carbocycles. The zero-order valence-electron chi connectivity index (χ0n) is 30.4. The second-order valence-corrected chi connectivity index (χ2v) is 14.0. The molecule has 26 heteroatoms. The van der Waals surface area contributed by atoms with Gasteiger partial charge in [0.2, 0.25) is 11.8 Å². The molecule has 0 saturated carbocycles. The molecular weight excluding hydrogens is 784 g/mol. The van der Waals surface area contributed by atoms with Crippen LogP contribution in [0.4, 0.5) is 0 Å². The Kier molecular flexibility index (Phi) is 16.4. The van der Waals surface area contributed by atoms with Gasteiger partial charge in [-0.3, -0.25) is 9.59 Å². The zero-order chi connectivity index (χ0) is 42.7. The minimum atomic E-state index is -3.24. The van der Waals surface area contributed by atoms with Gasteiger partial charge in [-0.25, -0.2) is 4.79 Å². The molecule has 0 aromatic rings. The average molecular weight is 837 g/mol. The Bertz CT molecular complexity index is 1350. The number of carbonyl (C=O) groups is 3. The molecule has 0 bridgehead atoms. The van der Waals surface area contributed by atoms with E-state index in [4.69, 9.17) is 33.2 Å². The smallest absolute Gasteiger partial charge is 0.364 e. The summed E-state index contributed by atoms with van der Waals surface area (Å²) in [6.45, 7) is -2.07. The number of rotatable bonds is 15. The molecule has 4 aliphatic heterocycles. The van der Waals surface area contributed by atoms with Crippen LogP contribution >= 0.6 is 0 Å². The number of nitrogens with one attached hydrogen (secondary N) is 2. The summed E-state index contributed by atoms with van der Waals surface area (Å²) in [5.74, 6) is -6.92. The van der Waals surface area contributed by atoms with Crippen molar-refractivity contribution < 1.29 is 119 Å². The molecule has 0 aromatic carbocycles. The van der Waals surface area contributed by atoms with Gasteiger partial charge in [0.25, 0.3) is 5.79 Å². The Morgan fingerprint density at radius 2 is 1.23 bits per heavy atom. The normalized spacial score (nSPS) is 45.1. The van der Waals surface area contributed by atoms with E-state index >= 15 is 0 Å². The second-order valence-electron chi connectivity index (χ2n) is 14.0. The van der Waals surface area contributed by atoms with Crippen LogP contribution in [0, 0.1) is 0 Å². The van der Waals surface area contributed by atoms with Crippen molar-refractivity contribution in [2.45, 2.75) is 149 Å². The van der Waals surface area contributed by atoms with E-state index in [1.54, 1.807) is 0 Å². The van der Waals surface area contributed by atoms with Crippen LogP contribution in [0.3, 0.4) is 0 Å². The molecule has 57 heavy (non-hydrogen) atoms. The van der Waals surface area contributed by atoms with Crippen LogP contribution in [-0.4, -0.2) is 244 Å². The van der Waals surface area contributed by atoms with Gasteiger partial charge in [0.05, 0.1) is 32.5 Å². The van der Waals surface area contributed by atoms with Crippen LogP contribution in [0.25, 0.3) is 0 Å². The van der Waals surface area contributed by atoms with Gasteiger partial charge in [0, 0.05) is 20.3 Å². The quantitative estimate of drug-likeness (QED) is 0.0728. The first-order valence-electron chi connectivity index (χ1n) is 17.7. The number of hydrogen-bond donors (Lipinski definition) is 16. The monoisotopic (exact) mass is 836 g/mol. The number of hydrogen-bond acceptors (Lipinski definition) is 23. The topological polar surface area (TPSA) is 423 Å². The lowest BCUT2D eigenvalue weighted by molar-refractivity contribution is -0.400. The number of carboxylic acid groups (broad SMARTS) is 1. The Labute approximate surface area is 322 Å². The summed E-state index contributed by atoms with van der Waals surface area (Å²) < 4.78 is 39.7. The van der Waals surface area contributed by atoms with Crippen LogP contribution < -0.4 is 10.6 Å². The molecule has 4 saturated heterocycles. The van der Waals surface area contributed by atoms with Gasteiger partial charge in [-0.05, 0) is 0 Å². The number of amides is 2. The molecule has 4 aliphatic rings. The fourth-order valence-electron chi connectivity index (χ4n) is 7.02. The van der Waals surface area contributed by atoms with Crippen LogP contribution in [0.2, 0.25) is 0 Å². The number of aliphatic hydroxyl groups is 13. The predicted octanol–water partition coefficient (Wildman–Crippen LogP) is -10.3. The Hall–Kier alpha value is -2.39. The SMILES string of the molecule is CC(=O)N[C@@H]1[C@@H](O[C@@H]2O[C@H](CO)[C@H](O[C@@H]3O[C@H](CO)[C@H](O)[C@H](O)[C@H]3NC(C)=O)[C@H](O[C@]3(C(=O)O)C[C@H](O)[C@@H](O)[C@H]([C@H](O)[C@H](O)CO)O3)[C@H]2O)[C@H](O)[C@@H](CO)O[C@H]1O. The molecule has 16 N–H and O–H groups in total. The van der Waals surface area contributed by atoms with E-state index in [-0.39, 0.29) is 0 Å². The predicted molar refractivity (Wildman–Crippen MR) is 174 cm³/mol. The molecule has 21 atom stereocenters. The lowest BCUT2D eigenvalue weighted by Crippen LogP contribution is -2.71. The number of ether oxygens (including phenoxy) is 7. The van der Waals surface area contributed by atoms with E-state index in [0.717, 1.165) is 13.8 Å². The van der Waals surface area contributed by atoms with Gasteiger partial charge in [-0.2, -0.15) is 0 Å². The second kappa shape index (κ2) is 19.8. The fourth-order valence-corrected chi connectivity index (χ4v) is 7.02. The van der Waals surface area contributed by atoms with Crippen molar-refractivity contribution in [3.8, 4) is 0 Å². The van der Waals surface area contributed by atoms with Gasteiger partial charge < -0.3 is 115 Å². The number of aliphatic carboxylic acids is 1. The summed E-state index contributed by atoms with van der Waals surface area (Å²) in [4.78, 5) is 37.2. The van der Waals surface area contributed by atoms with Crippen molar-refractivity contribution in [2.24, 2.45) is 0 Å². The average Bonchev–Trinajstić information content (AvgIpc) is 3.16. The van der Waals surface area contributed by atoms with Gasteiger partial charge in [0.15, 0.2) is 18.9 Å². The van der Waals surface area contributed by atoms with E-state index in [2.05, 4.69) is 10.6 Å². The van der Waals surface area contributed by atoms with Crippen LogP contribution in [0.15, 0.2) is 0 Å². The van der Waals surface area contributed by atoms with Crippen molar-refractivity contribution in [3.05, 3.63) is 0 Å². The molecule has 26 nitrogen and oxygen atoms in total.